The van der Waals surface area contributed by atoms with E-state index in [2.05, 4.69) is 22.3 Å². The van der Waals surface area contributed by atoms with E-state index in [0.29, 0.717) is 6.42 Å². The third-order valence-corrected chi connectivity index (χ3v) is 4.23. The Kier molecular flexibility index (Phi) is 5.99. The molecule has 2 aromatic rings. The molecule has 24 heavy (non-hydrogen) atoms. The van der Waals surface area contributed by atoms with Gasteiger partial charge in [0.25, 0.3) is 0 Å². The summed E-state index contributed by atoms with van der Waals surface area (Å²) in [5.41, 5.74) is 3.31. The maximum atomic E-state index is 12.1. The van der Waals surface area contributed by atoms with Crippen molar-refractivity contribution in [1.29, 1.82) is 0 Å². The van der Waals surface area contributed by atoms with E-state index in [-0.39, 0.29) is 5.91 Å². The minimum Gasteiger partial charge on any atom is -0.379 e. The van der Waals surface area contributed by atoms with Crippen LogP contribution in [0.1, 0.15) is 17.5 Å². The fourth-order valence-corrected chi connectivity index (χ4v) is 2.84. The summed E-state index contributed by atoms with van der Waals surface area (Å²) in [5, 5.41) is 2.97. The van der Waals surface area contributed by atoms with Gasteiger partial charge in [0, 0.05) is 31.7 Å². The summed E-state index contributed by atoms with van der Waals surface area (Å²) in [5.74, 6) is 0.0554. The molecule has 1 N–H and O–H groups in total. The number of carbonyl (C=O) groups excluding carboxylic acids is 1. The number of amides is 1. The average molecular weight is 324 g/mol. The van der Waals surface area contributed by atoms with Gasteiger partial charge in [-0.2, -0.15) is 0 Å². The molecule has 1 aliphatic heterocycles. The maximum Gasteiger partial charge on any atom is 0.224 e. The Morgan fingerprint density at radius 1 is 0.958 bits per heavy atom. The number of rotatable bonds is 6. The Labute approximate surface area is 143 Å². The number of morpholine rings is 1. The highest BCUT2D eigenvalue weighted by molar-refractivity contribution is 5.90. The smallest absolute Gasteiger partial charge is 0.224 e. The van der Waals surface area contributed by atoms with E-state index >= 15 is 0 Å². The minimum atomic E-state index is 0.0554. The molecular formula is C20H24N2O2. The zero-order valence-electron chi connectivity index (χ0n) is 13.9. The molecule has 1 saturated heterocycles. The van der Waals surface area contributed by atoms with Gasteiger partial charge in [-0.1, -0.05) is 42.5 Å². The maximum absolute atomic E-state index is 12.1. The molecule has 1 fully saturated rings. The van der Waals surface area contributed by atoms with Gasteiger partial charge in [0.2, 0.25) is 5.91 Å². The van der Waals surface area contributed by atoms with E-state index < -0.39 is 0 Å². The summed E-state index contributed by atoms with van der Waals surface area (Å²) < 4.78 is 5.37. The summed E-state index contributed by atoms with van der Waals surface area (Å²) >= 11 is 0. The molecule has 4 nitrogen and oxygen atoms in total. The van der Waals surface area contributed by atoms with E-state index in [1.165, 1.54) is 11.1 Å². The Hall–Kier alpha value is -2.17. The molecule has 0 spiro atoms. The number of ether oxygens (including phenoxy) is 1. The van der Waals surface area contributed by atoms with Crippen LogP contribution in [0.3, 0.4) is 0 Å². The molecule has 0 radical (unpaired) electrons. The molecule has 3 rings (SSSR count). The monoisotopic (exact) mass is 324 g/mol. The van der Waals surface area contributed by atoms with Gasteiger partial charge in [-0.25, -0.2) is 0 Å². The number of aryl methyl sites for hydroxylation is 1. The molecule has 0 saturated carbocycles. The largest absolute Gasteiger partial charge is 0.379 e. The Morgan fingerprint density at radius 3 is 2.38 bits per heavy atom. The lowest BCUT2D eigenvalue weighted by molar-refractivity contribution is -0.116. The molecule has 0 bridgehead atoms. The van der Waals surface area contributed by atoms with Gasteiger partial charge in [0.05, 0.1) is 13.2 Å². The average Bonchev–Trinajstić information content (AvgIpc) is 2.63. The Balaban J connectivity index is 1.45. The summed E-state index contributed by atoms with van der Waals surface area (Å²) in [7, 11) is 0. The van der Waals surface area contributed by atoms with E-state index in [0.717, 1.165) is 45.0 Å². The van der Waals surface area contributed by atoms with E-state index in [4.69, 9.17) is 4.74 Å². The second-order valence-corrected chi connectivity index (χ2v) is 6.12. The normalized spacial score (nSPS) is 15.2. The quantitative estimate of drug-likeness (QED) is 0.888. The number of nitrogens with one attached hydrogen (secondary N) is 1. The van der Waals surface area contributed by atoms with E-state index in [9.17, 15) is 4.79 Å². The van der Waals surface area contributed by atoms with Crippen LogP contribution >= 0.6 is 0 Å². The number of hydrogen-bond acceptors (Lipinski definition) is 3. The highest BCUT2D eigenvalue weighted by Crippen LogP contribution is 2.13. The first-order chi connectivity index (χ1) is 11.8. The highest BCUT2D eigenvalue weighted by atomic mass is 16.5. The van der Waals surface area contributed by atoms with Crippen molar-refractivity contribution < 1.29 is 9.53 Å². The predicted molar refractivity (Wildman–Crippen MR) is 95.9 cm³/mol. The molecule has 1 heterocycles. The summed E-state index contributed by atoms with van der Waals surface area (Å²) in [6, 6.07) is 18.2. The third kappa shape index (κ3) is 5.18. The third-order valence-electron chi connectivity index (χ3n) is 4.23. The topological polar surface area (TPSA) is 41.6 Å². The van der Waals surface area contributed by atoms with Gasteiger partial charge < -0.3 is 10.1 Å². The first kappa shape index (κ1) is 16.7. The van der Waals surface area contributed by atoms with Crippen molar-refractivity contribution in [2.45, 2.75) is 19.4 Å². The molecule has 1 amide bonds. The van der Waals surface area contributed by atoms with Crippen molar-refractivity contribution >= 4 is 11.6 Å². The fourth-order valence-electron chi connectivity index (χ4n) is 2.84. The molecule has 2 aromatic carbocycles. The minimum absolute atomic E-state index is 0.0554. The van der Waals surface area contributed by atoms with E-state index in [1.807, 2.05) is 42.5 Å². The van der Waals surface area contributed by atoms with Crippen LogP contribution in [0.15, 0.2) is 54.6 Å². The highest BCUT2D eigenvalue weighted by Gasteiger charge is 2.10. The molecule has 4 heteroatoms. The molecule has 0 aromatic heterocycles. The second-order valence-electron chi connectivity index (χ2n) is 6.12. The van der Waals surface area contributed by atoms with Gasteiger partial charge >= 0.3 is 0 Å². The van der Waals surface area contributed by atoms with Gasteiger partial charge in [0.15, 0.2) is 0 Å². The number of carbonyl (C=O) groups is 1. The lowest BCUT2D eigenvalue weighted by atomic mass is 10.1. The predicted octanol–water partition coefficient (Wildman–Crippen LogP) is 3.09. The first-order valence-electron chi connectivity index (χ1n) is 8.52. The molecular weight excluding hydrogens is 300 g/mol. The van der Waals surface area contributed by atoms with Crippen molar-refractivity contribution in [2.75, 3.05) is 31.6 Å². The van der Waals surface area contributed by atoms with Gasteiger partial charge in [-0.05, 0) is 29.7 Å². The lowest BCUT2D eigenvalue weighted by Crippen LogP contribution is -2.35. The van der Waals surface area contributed by atoms with Crippen LogP contribution in [-0.4, -0.2) is 37.1 Å². The van der Waals surface area contributed by atoms with Gasteiger partial charge in [-0.3, -0.25) is 9.69 Å². The van der Waals surface area contributed by atoms with Crippen molar-refractivity contribution in [3.05, 3.63) is 65.7 Å². The van der Waals surface area contributed by atoms with Crippen LogP contribution in [0.5, 0.6) is 0 Å². The number of hydrogen-bond donors (Lipinski definition) is 1. The Morgan fingerprint density at radius 2 is 1.67 bits per heavy atom. The zero-order chi connectivity index (χ0) is 16.6. The second kappa shape index (κ2) is 8.62. The van der Waals surface area contributed by atoms with Crippen LogP contribution < -0.4 is 5.32 Å². The SMILES string of the molecule is O=C(CCc1ccccc1)Nc1ccc(CN2CCOCC2)cc1. The van der Waals surface area contributed by atoms with Gasteiger partial charge in [-0.15, -0.1) is 0 Å². The van der Waals surface area contributed by atoms with Crippen LogP contribution in [0.4, 0.5) is 5.69 Å². The molecule has 0 aliphatic carbocycles. The number of anilines is 1. The number of benzene rings is 2. The van der Waals surface area contributed by atoms with Crippen molar-refractivity contribution in [2.24, 2.45) is 0 Å². The zero-order valence-corrected chi connectivity index (χ0v) is 13.9. The van der Waals surface area contributed by atoms with Crippen LogP contribution in [0.2, 0.25) is 0 Å². The summed E-state index contributed by atoms with van der Waals surface area (Å²) in [6.07, 6.45) is 1.27. The van der Waals surface area contributed by atoms with Crippen molar-refractivity contribution in [3.8, 4) is 0 Å². The Bertz CT molecular complexity index is 634. The summed E-state index contributed by atoms with van der Waals surface area (Å²) in [4.78, 5) is 14.4. The van der Waals surface area contributed by atoms with Crippen LogP contribution in [0, 0.1) is 0 Å². The lowest BCUT2D eigenvalue weighted by Gasteiger charge is -2.26. The van der Waals surface area contributed by atoms with Crippen LogP contribution in [-0.2, 0) is 22.5 Å². The molecule has 126 valence electrons. The van der Waals surface area contributed by atoms with Gasteiger partial charge in [0.1, 0.15) is 0 Å². The summed E-state index contributed by atoms with van der Waals surface area (Å²) in [6.45, 7) is 4.53. The first-order valence-corrected chi connectivity index (χ1v) is 8.52. The standard InChI is InChI=1S/C20H24N2O2/c23-20(11-8-17-4-2-1-3-5-17)21-19-9-6-18(7-10-19)16-22-12-14-24-15-13-22/h1-7,9-10H,8,11-16H2,(H,21,23). The molecule has 0 unspecified atom stereocenters. The van der Waals surface area contributed by atoms with Crippen molar-refractivity contribution in [1.82, 2.24) is 4.90 Å². The van der Waals surface area contributed by atoms with Crippen molar-refractivity contribution in [3.63, 3.8) is 0 Å². The molecule has 0 atom stereocenters. The molecule has 1 aliphatic rings. The fraction of sp³-hybridized carbons (Fsp3) is 0.350. The van der Waals surface area contributed by atoms with E-state index in [1.54, 1.807) is 0 Å². The van der Waals surface area contributed by atoms with Crippen LogP contribution in [0.25, 0.3) is 0 Å². The number of nitrogens with zero attached hydrogens (tertiary/aromatic N) is 1.